The van der Waals surface area contributed by atoms with Gasteiger partial charge in [-0.2, -0.15) is 0 Å². The zero-order chi connectivity index (χ0) is 36.3. The van der Waals surface area contributed by atoms with Gasteiger partial charge in [-0.1, -0.05) is 140 Å². The maximum Gasteiger partial charge on any atom is 0.227 e. The molecule has 0 atom stereocenters. The molecule has 0 saturated heterocycles. The van der Waals surface area contributed by atoms with Crippen LogP contribution in [-0.4, -0.2) is 9.55 Å². The first kappa shape index (κ1) is 31.1. The van der Waals surface area contributed by atoms with Gasteiger partial charge in [-0.3, -0.25) is 0 Å². The summed E-state index contributed by atoms with van der Waals surface area (Å²) in [5, 5.41) is 6.90. The van der Waals surface area contributed by atoms with Crippen molar-refractivity contribution in [2.75, 3.05) is 4.90 Å². The van der Waals surface area contributed by atoms with Crippen LogP contribution in [-0.2, 0) is 0 Å². The number of para-hydroxylation sites is 3. The maximum atomic E-state index is 6.15. The highest BCUT2D eigenvalue weighted by Crippen LogP contribution is 2.44. The van der Waals surface area contributed by atoms with E-state index in [1.165, 1.54) is 38.3 Å². The van der Waals surface area contributed by atoms with E-state index in [9.17, 15) is 0 Å². The largest absolute Gasteiger partial charge is 0.438 e. The van der Waals surface area contributed by atoms with Crippen molar-refractivity contribution in [2.24, 2.45) is 0 Å². The highest BCUT2D eigenvalue weighted by Gasteiger charge is 2.20. The Labute approximate surface area is 317 Å². The SMILES string of the molecule is c1ccc(-c2ccc(N(c3ccc(-c4cccc(-n5c6ccccc6c6ccccc65)c4)cc3)c3cnc4oc5ccccc5c4c3)c3ccccc23)cc1. The van der Waals surface area contributed by atoms with Crippen LogP contribution in [0.2, 0.25) is 0 Å². The molecule has 0 aliphatic carbocycles. The third-order valence-corrected chi connectivity index (χ3v) is 10.8. The second kappa shape index (κ2) is 12.6. The van der Waals surface area contributed by atoms with Crippen LogP contribution in [0.25, 0.3) is 82.6 Å². The molecule has 0 saturated carbocycles. The first-order chi connectivity index (χ1) is 27.3. The summed E-state index contributed by atoms with van der Waals surface area (Å²) in [7, 11) is 0. The van der Waals surface area contributed by atoms with Gasteiger partial charge in [0.1, 0.15) is 5.58 Å². The van der Waals surface area contributed by atoms with Crippen LogP contribution in [0.5, 0.6) is 0 Å². The highest BCUT2D eigenvalue weighted by atomic mass is 16.3. The van der Waals surface area contributed by atoms with Crippen LogP contribution >= 0.6 is 0 Å². The van der Waals surface area contributed by atoms with Crippen LogP contribution in [0.15, 0.2) is 205 Å². The highest BCUT2D eigenvalue weighted by molar-refractivity contribution is 6.10. The predicted octanol–water partition coefficient (Wildman–Crippen LogP) is 14.0. The molecule has 8 aromatic carbocycles. The first-order valence-corrected chi connectivity index (χ1v) is 18.6. The Kier molecular flexibility index (Phi) is 7.14. The van der Waals surface area contributed by atoms with Crippen molar-refractivity contribution in [3.63, 3.8) is 0 Å². The molecule has 4 heteroatoms. The Hall–Kier alpha value is -7.43. The fraction of sp³-hybridized carbons (Fsp3) is 0. The van der Waals surface area contributed by atoms with Crippen molar-refractivity contribution in [3.05, 3.63) is 200 Å². The van der Waals surface area contributed by atoms with E-state index in [1.54, 1.807) is 0 Å². The summed E-state index contributed by atoms with van der Waals surface area (Å²) in [6, 6.07) is 69.2. The van der Waals surface area contributed by atoms with Crippen LogP contribution < -0.4 is 4.90 Å². The molecule has 11 rings (SSSR count). The van der Waals surface area contributed by atoms with E-state index in [1.807, 2.05) is 24.4 Å². The van der Waals surface area contributed by atoms with E-state index in [-0.39, 0.29) is 0 Å². The smallest absolute Gasteiger partial charge is 0.227 e. The molecule has 0 amide bonds. The number of pyridine rings is 1. The molecule has 55 heavy (non-hydrogen) atoms. The number of hydrogen-bond donors (Lipinski definition) is 0. The standard InChI is InChI=1S/C51H33N3O/c1-2-13-35(14-3-1)40-29-30-49(42-18-5-4-17-41(40)42)53(39-32-46-45-21-8-11-24-50(45)55-51(46)52-33-39)37-27-25-34(26-28-37)36-15-12-16-38(31-36)54-47-22-9-6-19-43(47)44-20-7-10-23-48(44)54/h1-33H. The lowest BCUT2D eigenvalue weighted by Gasteiger charge is -2.27. The molecule has 3 heterocycles. The van der Waals surface area contributed by atoms with Crippen molar-refractivity contribution in [1.82, 2.24) is 9.55 Å². The molecule has 3 aromatic heterocycles. The Morgan fingerprint density at radius 2 is 1.05 bits per heavy atom. The van der Waals surface area contributed by atoms with E-state index in [0.29, 0.717) is 5.71 Å². The fourth-order valence-corrected chi connectivity index (χ4v) is 8.32. The molecule has 11 aromatic rings. The van der Waals surface area contributed by atoms with Gasteiger partial charge < -0.3 is 13.9 Å². The van der Waals surface area contributed by atoms with E-state index in [0.717, 1.165) is 55.6 Å². The molecular formula is C51H33N3O. The normalized spacial score (nSPS) is 11.6. The molecule has 4 nitrogen and oxygen atoms in total. The number of hydrogen-bond acceptors (Lipinski definition) is 3. The molecule has 0 fully saturated rings. The Balaban J connectivity index is 1.06. The van der Waals surface area contributed by atoms with Gasteiger partial charge >= 0.3 is 0 Å². The number of benzene rings is 8. The lowest BCUT2D eigenvalue weighted by Crippen LogP contribution is -2.11. The molecule has 258 valence electrons. The lowest BCUT2D eigenvalue weighted by atomic mass is 9.96. The lowest BCUT2D eigenvalue weighted by molar-refractivity contribution is 0.654. The third kappa shape index (κ3) is 5.11. The van der Waals surface area contributed by atoms with Gasteiger partial charge in [-0.05, 0) is 82.2 Å². The molecule has 0 N–H and O–H groups in total. The quantitative estimate of drug-likeness (QED) is 0.173. The fourth-order valence-electron chi connectivity index (χ4n) is 8.32. The second-order valence-corrected chi connectivity index (χ2v) is 14.0. The van der Waals surface area contributed by atoms with Gasteiger partial charge in [0.25, 0.3) is 0 Å². The van der Waals surface area contributed by atoms with Crippen LogP contribution in [0, 0.1) is 0 Å². The molecule has 0 spiro atoms. The average molecular weight is 704 g/mol. The molecular weight excluding hydrogens is 671 g/mol. The second-order valence-electron chi connectivity index (χ2n) is 14.0. The summed E-state index contributed by atoms with van der Waals surface area (Å²) >= 11 is 0. The average Bonchev–Trinajstić information content (AvgIpc) is 3.80. The summed E-state index contributed by atoms with van der Waals surface area (Å²) in [5.74, 6) is 0. The number of nitrogens with zero attached hydrogens (tertiary/aromatic N) is 3. The molecule has 0 unspecified atom stereocenters. The maximum absolute atomic E-state index is 6.15. The summed E-state index contributed by atoms with van der Waals surface area (Å²) in [6.07, 6.45) is 1.92. The zero-order valence-corrected chi connectivity index (χ0v) is 29.8. The minimum absolute atomic E-state index is 0.632. The summed E-state index contributed by atoms with van der Waals surface area (Å²) in [4.78, 5) is 7.19. The van der Waals surface area contributed by atoms with Gasteiger partial charge in [0.05, 0.1) is 34.0 Å². The topological polar surface area (TPSA) is 34.2 Å². The minimum atomic E-state index is 0.632. The van der Waals surface area contributed by atoms with Crippen molar-refractivity contribution in [3.8, 4) is 27.9 Å². The minimum Gasteiger partial charge on any atom is -0.438 e. The van der Waals surface area contributed by atoms with Crippen molar-refractivity contribution < 1.29 is 4.42 Å². The molecule has 0 radical (unpaired) electrons. The molecule has 0 aliphatic heterocycles. The number of rotatable bonds is 6. The van der Waals surface area contributed by atoms with Crippen molar-refractivity contribution in [1.29, 1.82) is 0 Å². The van der Waals surface area contributed by atoms with Gasteiger partial charge in [0.15, 0.2) is 0 Å². The number of anilines is 3. The Bertz CT molecular complexity index is 3160. The number of furan rings is 1. The first-order valence-electron chi connectivity index (χ1n) is 18.6. The van der Waals surface area contributed by atoms with Gasteiger partial charge in [0, 0.05) is 32.9 Å². The van der Waals surface area contributed by atoms with E-state index in [4.69, 9.17) is 9.40 Å². The van der Waals surface area contributed by atoms with Gasteiger partial charge in [-0.15, -0.1) is 0 Å². The van der Waals surface area contributed by atoms with Crippen molar-refractivity contribution >= 4 is 71.7 Å². The van der Waals surface area contributed by atoms with Crippen LogP contribution in [0.4, 0.5) is 17.1 Å². The van der Waals surface area contributed by atoms with Gasteiger partial charge in [0.2, 0.25) is 5.71 Å². The third-order valence-electron chi connectivity index (χ3n) is 10.8. The predicted molar refractivity (Wildman–Crippen MR) is 229 cm³/mol. The summed E-state index contributed by atoms with van der Waals surface area (Å²) < 4.78 is 8.52. The van der Waals surface area contributed by atoms with E-state index >= 15 is 0 Å². The van der Waals surface area contributed by atoms with Crippen LogP contribution in [0.1, 0.15) is 0 Å². The van der Waals surface area contributed by atoms with Crippen molar-refractivity contribution in [2.45, 2.75) is 0 Å². The Morgan fingerprint density at radius 3 is 1.82 bits per heavy atom. The molecule has 0 aliphatic rings. The Morgan fingerprint density at radius 1 is 0.418 bits per heavy atom. The van der Waals surface area contributed by atoms with Gasteiger partial charge in [-0.25, -0.2) is 4.98 Å². The summed E-state index contributed by atoms with van der Waals surface area (Å²) in [6.45, 7) is 0. The molecule has 0 bridgehead atoms. The van der Waals surface area contributed by atoms with Crippen LogP contribution in [0.3, 0.4) is 0 Å². The number of aromatic nitrogens is 2. The van der Waals surface area contributed by atoms with E-state index < -0.39 is 0 Å². The number of fused-ring (bicyclic) bond motifs is 7. The summed E-state index contributed by atoms with van der Waals surface area (Å²) in [5.41, 5.74) is 12.8. The zero-order valence-electron chi connectivity index (χ0n) is 29.8. The monoisotopic (exact) mass is 703 g/mol. The van der Waals surface area contributed by atoms with E-state index in [2.05, 4.69) is 185 Å².